The zero-order valence-electron chi connectivity index (χ0n) is 13.2. The summed E-state index contributed by atoms with van der Waals surface area (Å²) in [6, 6.07) is 5.71. The SMILES string of the molecule is Cc1nnc(SCC(=O)NCC(=O)Nc2cccc(C)c2C)s1. The third-order valence-corrected chi connectivity index (χ3v) is 5.13. The number of thioether (sulfide) groups is 1. The van der Waals surface area contributed by atoms with Crippen LogP contribution in [0, 0.1) is 20.8 Å². The summed E-state index contributed by atoms with van der Waals surface area (Å²) in [6.07, 6.45) is 0. The number of anilines is 1. The Hall–Kier alpha value is -1.93. The van der Waals surface area contributed by atoms with Gasteiger partial charge in [0.15, 0.2) is 4.34 Å². The number of carbonyl (C=O) groups excluding carboxylic acids is 2. The summed E-state index contributed by atoms with van der Waals surface area (Å²) >= 11 is 2.75. The second-order valence-corrected chi connectivity index (χ2v) is 7.35. The molecule has 2 rings (SSSR count). The first-order valence-corrected chi connectivity index (χ1v) is 8.81. The molecule has 0 saturated heterocycles. The summed E-state index contributed by atoms with van der Waals surface area (Å²) in [5.74, 6) is -0.242. The lowest BCUT2D eigenvalue weighted by Gasteiger charge is -2.10. The Morgan fingerprint density at radius 2 is 1.96 bits per heavy atom. The van der Waals surface area contributed by atoms with E-state index in [0.717, 1.165) is 26.2 Å². The highest BCUT2D eigenvalue weighted by atomic mass is 32.2. The van der Waals surface area contributed by atoms with Crippen molar-refractivity contribution in [3.8, 4) is 0 Å². The molecule has 8 heteroatoms. The molecule has 0 aliphatic rings. The summed E-state index contributed by atoms with van der Waals surface area (Å²) in [7, 11) is 0. The Bertz CT molecular complexity index is 715. The zero-order valence-corrected chi connectivity index (χ0v) is 14.8. The Labute approximate surface area is 143 Å². The minimum atomic E-state index is -0.246. The molecule has 0 aliphatic heterocycles. The highest BCUT2D eigenvalue weighted by Crippen LogP contribution is 2.21. The molecule has 0 fully saturated rings. The fourth-order valence-electron chi connectivity index (χ4n) is 1.77. The normalized spacial score (nSPS) is 10.4. The molecule has 0 saturated carbocycles. The van der Waals surface area contributed by atoms with E-state index in [2.05, 4.69) is 20.8 Å². The van der Waals surface area contributed by atoms with E-state index in [1.807, 2.05) is 39.0 Å². The van der Waals surface area contributed by atoms with Gasteiger partial charge < -0.3 is 10.6 Å². The van der Waals surface area contributed by atoms with Gasteiger partial charge in [0.1, 0.15) is 5.01 Å². The van der Waals surface area contributed by atoms with Gasteiger partial charge in [-0.2, -0.15) is 0 Å². The van der Waals surface area contributed by atoms with Crippen LogP contribution in [-0.4, -0.2) is 34.3 Å². The third kappa shape index (κ3) is 5.33. The Kier molecular flexibility index (Phi) is 6.12. The summed E-state index contributed by atoms with van der Waals surface area (Å²) in [5.41, 5.74) is 2.90. The van der Waals surface area contributed by atoms with E-state index in [1.54, 1.807) is 0 Å². The van der Waals surface area contributed by atoms with Gasteiger partial charge >= 0.3 is 0 Å². The van der Waals surface area contributed by atoms with E-state index in [0.29, 0.717) is 0 Å². The van der Waals surface area contributed by atoms with Gasteiger partial charge in [0, 0.05) is 5.69 Å². The molecule has 2 amide bonds. The molecule has 0 spiro atoms. The predicted octanol–water partition coefficient (Wildman–Crippen LogP) is 2.31. The van der Waals surface area contributed by atoms with Gasteiger partial charge in [-0.05, 0) is 38.0 Å². The molecule has 2 N–H and O–H groups in total. The zero-order chi connectivity index (χ0) is 16.8. The summed E-state index contributed by atoms with van der Waals surface area (Å²) in [4.78, 5) is 23.7. The standard InChI is InChI=1S/C15H18N4O2S2/c1-9-5-4-6-12(10(9)2)17-13(20)7-16-14(21)8-22-15-19-18-11(3)23-15/h4-6H,7-8H2,1-3H3,(H,16,21)(H,17,20). The maximum Gasteiger partial charge on any atom is 0.243 e. The number of aromatic nitrogens is 2. The highest BCUT2D eigenvalue weighted by molar-refractivity contribution is 8.01. The first kappa shape index (κ1) is 17.4. The second kappa shape index (κ2) is 8.07. The van der Waals surface area contributed by atoms with Gasteiger partial charge in [-0.1, -0.05) is 35.2 Å². The number of carbonyl (C=O) groups is 2. The molecule has 2 aromatic rings. The number of nitrogens with zero attached hydrogens (tertiary/aromatic N) is 2. The molecule has 1 aromatic heterocycles. The fourth-order valence-corrected chi connectivity index (χ4v) is 3.42. The number of hydrogen-bond donors (Lipinski definition) is 2. The number of hydrogen-bond acceptors (Lipinski definition) is 6. The lowest BCUT2D eigenvalue weighted by molar-refractivity contribution is -0.122. The summed E-state index contributed by atoms with van der Waals surface area (Å²) < 4.78 is 0.748. The highest BCUT2D eigenvalue weighted by Gasteiger charge is 2.10. The maximum atomic E-state index is 11.9. The van der Waals surface area contributed by atoms with Gasteiger partial charge in [-0.15, -0.1) is 10.2 Å². The van der Waals surface area contributed by atoms with Crippen molar-refractivity contribution in [2.45, 2.75) is 25.1 Å². The molecule has 6 nitrogen and oxygen atoms in total. The minimum Gasteiger partial charge on any atom is -0.346 e. The molecule has 0 unspecified atom stereocenters. The average molecular weight is 350 g/mol. The van der Waals surface area contributed by atoms with E-state index in [-0.39, 0.29) is 24.1 Å². The molecule has 0 radical (unpaired) electrons. The van der Waals surface area contributed by atoms with Crippen molar-refractivity contribution in [3.05, 3.63) is 34.3 Å². The van der Waals surface area contributed by atoms with Crippen LogP contribution in [0.15, 0.2) is 22.5 Å². The third-order valence-electron chi connectivity index (χ3n) is 3.16. The Balaban J connectivity index is 1.75. The number of amides is 2. The fraction of sp³-hybridized carbons (Fsp3) is 0.333. The first-order valence-electron chi connectivity index (χ1n) is 7.01. The largest absolute Gasteiger partial charge is 0.346 e. The van der Waals surface area contributed by atoms with Crippen LogP contribution in [0.4, 0.5) is 5.69 Å². The molecular weight excluding hydrogens is 332 g/mol. The monoisotopic (exact) mass is 350 g/mol. The molecule has 0 bridgehead atoms. The van der Waals surface area contributed by atoms with Crippen molar-refractivity contribution in [3.63, 3.8) is 0 Å². The molecule has 1 heterocycles. The van der Waals surface area contributed by atoms with E-state index in [1.165, 1.54) is 23.1 Å². The lowest BCUT2D eigenvalue weighted by atomic mass is 10.1. The Morgan fingerprint density at radius 3 is 2.65 bits per heavy atom. The summed E-state index contributed by atoms with van der Waals surface area (Å²) in [6.45, 7) is 5.74. The molecule has 0 atom stereocenters. The summed E-state index contributed by atoms with van der Waals surface area (Å²) in [5, 5.41) is 14.1. The van der Waals surface area contributed by atoms with Crippen LogP contribution in [0.5, 0.6) is 0 Å². The van der Waals surface area contributed by atoms with Crippen molar-refractivity contribution in [2.75, 3.05) is 17.6 Å². The van der Waals surface area contributed by atoms with E-state index >= 15 is 0 Å². The number of nitrogens with one attached hydrogen (secondary N) is 2. The quantitative estimate of drug-likeness (QED) is 0.781. The molecule has 0 aliphatic carbocycles. The van der Waals surface area contributed by atoms with E-state index in [9.17, 15) is 9.59 Å². The smallest absolute Gasteiger partial charge is 0.243 e. The first-order chi connectivity index (χ1) is 11.0. The van der Waals surface area contributed by atoms with Gasteiger partial charge in [0.25, 0.3) is 0 Å². The van der Waals surface area contributed by atoms with Crippen molar-refractivity contribution >= 4 is 40.6 Å². The van der Waals surface area contributed by atoms with Crippen LogP contribution >= 0.6 is 23.1 Å². The Morgan fingerprint density at radius 1 is 1.17 bits per heavy atom. The van der Waals surface area contributed by atoms with Crippen molar-refractivity contribution in [1.82, 2.24) is 15.5 Å². The van der Waals surface area contributed by atoms with E-state index in [4.69, 9.17) is 0 Å². The van der Waals surface area contributed by atoms with Crippen LogP contribution < -0.4 is 10.6 Å². The van der Waals surface area contributed by atoms with Gasteiger partial charge in [0.2, 0.25) is 11.8 Å². The van der Waals surface area contributed by atoms with Gasteiger partial charge in [0.05, 0.1) is 12.3 Å². The lowest BCUT2D eigenvalue weighted by Crippen LogP contribution is -2.34. The molecule has 122 valence electrons. The molecular formula is C15H18N4O2S2. The van der Waals surface area contributed by atoms with Crippen molar-refractivity contribution in [2.24, 2.45) is 0 Å². The molecule has 1 aromatic carbocycles. The predicted molar refractivity (Wildman–Crippen MR) is 92.9 cm³/mol. The molecule has 23 heavy (non-hydrogen) atoms. The van der Waals surface area contributed by atoms with Gasteiger partial charge in [-0.3, -0.25) is 9.59 Å². The maximum absolute atomic E-state index is 11.9. The van der Waals surface area contributed by atoms with Crippen LogP contribution in [0.3, 0.4) is 0 Å². The van der Waals surface area contributed by atoms with Crippen LogP contribution in [0.2, 0.25) is 0 Å². The van der Waals surface area contributed by atoms with Crippen LogP contribution in [0.25, 0.3) is 0 Å². The van der Waals surface area contributed by atoms with Crippen LogP contribution in [0.1, 0.15) is 16.1 Å². The number of rotatable bonds is 6. The topological polar surface area (TPSA) is 84.0 Å². The van der Waals surface area contributed by atoms with E-state index < -0.39 is 0 Å². The number of benzene rings is 1. The average Bonchev–Trinajstić information content (AvgIpc) is 2.93. The van der Waals surface area contributed by atoms with Gasteiger partial charge in [-0.25, -0.2) is 0 Å². The minimum absolute atomic E-state index is 0.0536. The second-order valence-electron chi connectivity index (χ2n) is 4.95. The van der Waals surface area contributed by atoms with Crippen LogP contribution in [-0.2, 0) is 9.59 Å². The van der Waals surface area contributed by atoms with Crippen molar-refractivity contribution in [1.29, 1.82) is 0 Å². The van der Waals surface area contributed by atoms with Crippen molar-refractivity contribution < 1.29 is 9.59 Å². The number of aryl methyl sites for hydroxylation is 2.